The Kier molecular flexibility index (Phi) is 3.96. The fourth-order valence-electron chi connectivity index (χ4n) is 1.95. The molecule has 1 aliphatic rings. The van der Waals surface area contributed by atoms with Gasteiger partial charge in [-0.2, -0.15) is 0 Å². The molecule has 0 bridgehead atoms. The van der Waals surface area contributed by atoms with Crippen LogP contribution in [0.4, 0.5) is 14.5 Å². The van der Waals surface area contributed by atoms with Crippen LogP contribution in [-0.2, 0) is 4.74 Å². The summed E-state index contributed by atoms with van der Waals surface area (Å²) in [7, 11) is 0. The van der Waals surface area contributed by atoms with Crippen molar-refractivity contribution >= 4 is 11.6 Å². The van der Waals surface area contributed by atoms with Crippen LogP contribution in [0.5, 0.6) is 0 Å². The molecule has 1 atom stereocenters. The fourth-order valence-corrected chi connectivity index (χ4v) is 1.95. The van der Waals surface area contributed by atoms with Crippen molar-refractivity contribution in [2.45, 2.75) is 6.10 Å². The van der Waals surface area contributed by atoms with Gasteiger partial charge in [-0.3, -0.25) is 4.79 Å². The van der Waals surface area contributed by atoms with Gasteiger partial charge in [-0.25, -0.2) is 8.78 Å². The van der Waals surface area contributed by atoms with Crippen LogP contribution in [0.1, 0.15) is 10.4 Å². The van der Waals surface area contributed by atoms with E-state index in [1.165, 1.54) is 4.90 Å². The molecule has 1 fully saturated rings. The lowest BCUT2D eigenvalue weighted by atomic mass is 10.1. The number of nitrogens with two attached hydrogens (primary N) is 1. The number of amides is 1. The van der Waals surface area contributed by atoms with E-state index < -0.39 is 34.9 Å². The molecular weight excluding hydrogens is 258 g/mol. The van der Waals surface area contributed by atoms with E-state index in [4.69, 9.17) is 15.6 Å². The van der Waals surface area contributed by atoms with Crippen LogP contribution in [0.3, 0.4) is 0 Å². The molecule has 0 spiro atoms. The second-order valence-corrected chi connectivity index (χ2v) is 4.28. The lowest BCUT2D eigenvalue weighted by Crippen LogP contribution is -2.47. The zero-order valence-corrected chi connectivity index (χ0v) is 10.1. The summed E-state index contributed by atoms with van der Waals surface area (Å²) >= 11 is 0. The third-order valence-electron chi connectivity index (χ3n) is 2.93. The van der Waals surface area contributed by atoms with Gasteiger partial charge in [0.1, 0.15) is 5.82 Å². The molecule has 1 unspecified atom stereocenters. The minimum Gasteiger partial charge on any atom is -0.396 e. The summed E-state index contributed by atoms with van der Waals surface area (Å²) in [6.45, 7) is 0.386. The zero-order valence-electron chi connectivity index (χ0n) is 10.1. The lowest BCUT2D eigenvalue weighted by molar-refractivity contribution is -0.0448. The van der Waals surface area contributed by atoms with Gasteiger partial charge in [0.25, 0.3) is 5.91 Å². The number of anilines is 1. The first-order chi connectivity index (χ1) is 9.02. The summed E-state index contributed by atoms with van der Waals surface area (Å²) in [6, 6.07) is 1.64. The van der Waals surface area contributed by atoms with Gasteiger partial charge in [0.2, 0.25) is 0 Å². The third-order valence-corrected chi connectivity index (χ3v) is 2.93. The van der Waals surface area contributed by atoms with E-state index in [9.17, 15) is 13.6 Å². The smallest absolute Gasteiger partial charge is 0.257 e. The van der Waals surface area contributed by atoms with E-state index in [0.29, 0.717) is 0 Å². The zero-order chi connectivity index (χ0) is 14.0. The highest BCUT2D eigenvalue weighted by Crippen LogP contribution is 2.20. The number of carbonyl (C=O) groups is 1. The minimum atomic E-state index is -0.932. The van der Waals surface area contributed by atoms with E-state index in [1.54, 1.807) is 0 Å². The second kappa shape index (κ2) is 5.50. The predicted octanol–water partition coefficient (Wildman–Crippen LogP) is 0.380. The largest absolute Gasteiger partial charge is 0.396 e. The first-order valence-corrected chi connectivity index (χ1v) is 5.79. The Morgan fingerprint density at radius 2 is 2.26 bits per heavy atom. The Bertz CT molecular complexity index is 496. The number of morpholine rings is 1. The number of hydrogen-bond donors (Lipinski definition) is 2. The van der Waals surface area contributed by atoms with E-state index in [-0.39, 0.29) is 26.3 Å². The van der Waals surface area contributed by atoms with Gasteiger partial charge >= 0.3 is 0 Å². The van der Waals surface area contributed by atoms with Gasteiger partial charge < -0.3 is 20.5 Å². The Hall–Kier alpha value is -1.73. The molecule has 1 aromatic carbocycles. The van der Waals surface area contributed by atoms with Crippen molar-refractivity contribution < 1.29 is 23.4 Å². The van der Waals surface area contributed by atoms with E-state index in [1.807, 2.05) is 0 Å². The Morgan fingerprint density at radius 1 is 1.53 bits per heavy atom. The second-order valence-electron chi connectivity index (χ2n) is 4.28. The Labute approximate surface area is 108 Å². The van der Waals surface area contributed by atoms with Crippen LogP contribution in [-0.4, -0.2) is 48.3 Å². The van der Waals surface area contributed by atoms with Crippen LogP contribution in [0, 0.1) is 11.6 Å². The SMILES string of the molecule is Nc1cc(F)cc(C(=O)N2CCOC(CO)C2)c1F. The molecule has 104 valence electrons. The van der Waals surface area contributed by atoms with E-state index >= 15 is 0 Å². The van der Waals surface area contributed by atoms with Crippen LogP contribution >= 0.6 is 0 Å². The molecule has 2 rings (SSSR count). The number of rotatable bonds is 2. The van der Waals surface area contributed by atoms with Crippen molar-refractivity contribution in [3.63, 3.8) is 0 Å². The summed E-state index contributed by atoms with van der Waals surface area (Å²) in [5.74, 6) is -2.36. The number of aliphatic hydroxyl groups excluding tert-OH is 1. The van der Waals surface area contributed by atoms with Crippen molar-refractivity contribution in [1.29, 1.82) is 0 Å². The van der Waals surface area contributed by atoms with Crippen LogP contribution in [0.25, 0.3) is 0 Å². The van der Waals surface area contributed by atoms with Crippen molar-refractivity contribution in [3.8, 4) is 0 Å². The third kappa shape index (κ3) is 2.82. The van der Waals surface area contributed by atoms with Crippen molar-refractivity contribution in [2.24, 2.45) is 0 Å². The van der Waals surface area contributed by atoms with E-state index in [0.717, 1.165) is 12.1 Å². The molecule has 3 N–H and O–H groups in total. The quantitative estimate of drug-likeness (QED) is 0.763. The molecule has 0 saturated carbocycles. The van der Waals surface area contributed by atoms with Gasteiger partial charge in [-0.15, -0.1) is 0 Å². The Balaban J connectivity index is 2.24. The fraction of sp³-hybridized carbons (Fsp3) is 0.417. The molecular formula is C12H14F2N2O3. The highest BCUT2D eigenvalue weighted by molar-refractivity contribution is 5.95. The van der Waals surface area contributed by atoms with Crippen LogP contribution in [0.2, 0.25) is 0 Å². The molecule has 7 heteroatoms. The van der Waals surface area contributed by atoms with Gasteiger partial charge in [-0.1, -0.05) is 0 Å². The topological polar surface area (TPSA) is 75.8 Å². The number of aliphatic hydroxyl groups is 1. The molecule has 1 heterocycles. The maximum atomic E-state index is 13.7. The van der Waals surface area contributed by atoms with Crippen LogP contribution < -0.4 is 5.73 Å². The molecule has 1 amide bonds. The highest BCUT2D eigenvalue weighted by atomic mass is 19.1. The monoisotopic (exact) mass is 272 g/mol. The number of nitrogens with zero attached hydrogens (tertiary/aromatic N) is 1. The number of hydrogen-bond acceptors (Lipinski definition) is 4. The summed E-state index contributed by atoms with van der Waals surface area (Å²) in [5, 5.41) is 8.99. The van der Waals surface area contributed by atoms with E-state index in [2.05, 4.69) is 0 Å². The standard InChI is InChI=1S/C12H14F2N2O3/c13-7-3-9(11(14)10(15)4-7)12(18)16-1-2-19-8(5-16)6-17/h3-4,8,17H,1-2,5-6,15H2. The lowest BCUT2D eigenvalue weighted by Gasteiger charge is -2.32. The van der Waals surface area contributed by atoms with Gasteiger partial charge in [0, 0.05) is 13.1 Å². The van der Waals surface area contributed by atoms with Crippen molar-refractivity contribution in [1.82, 2.24) is 4.90 Å². The molecule has 1 saturated heterocycles. The molecule has 19 heavy (non-hydrogen) atoms. The maximum absolute atomic E-state index is 13.7. The average Bonchev–Trinajstić information content (AvgIpc) is 2.42. The molecule has 1 aromatic rings. The van der Waals surface area contributed by atoms with Gasteiger partial charge in [-0.05, 0) is 12.1 Å². The molecule has 0 radical (unpaired) electrons. The molecule has 5 nitrogen and oxygen atoms in total. The summed E-state index contributed by atoms with van der Waals surface area (Å²) < 4.78 is 32.1. The molecule has 1 aliphatic heterocycles. The summed E-state index contributed by atoms with van der Waals surface area (Å²) in [6.07, 6.45) is -0.508. The highest BCUT2D eigenvalue weighted by Gasteiger charge is 2.27. The minimum absolute atomic E-state index is 0.130. The number of carbonyl (C=O) groups excluding carboxylic acids is 1. The molecule has 0 aromatic heterocycles. The number of benzene rings is 1. The summed E-state index contributed by atoms with van der Waals surface area (Å²) in [4.78, 5) is 13.4. The number of ether oxygens (including phenoxy) is 1. The normalized spacial score (nSPS) is 19.5. The Morgan fingerprint density at radius 3 is 2.95 bits per heavy atom. The molecule has 0 aliphatic carbocycles. The predicted molar refractivity (Wildman–Crippen MR) is 63.5 cm³/mol. The maximum Gasteiger partial charge on any atom is 0.257 e. The van der Waals surface area contributed by atoms with Gasteiger partial charge in [0.15, 0.2) is 5.82 Å². The number of halogens is 2. The first-order valence-electron chi connectivity index (χ1n) is 5.79. The summed E-state index contributed by atoms with van der Waals surface area (Å²) in [5.41, 5.74) is 4.48. The van der Waals surface area contributed by atoms with Crippen molar-refractivity contribution in [3.05, 3.63) is 29.3 Å². The first kappa shape index (κ1) is 13.7. The van der Waals surface area contributed by atoms with Crippen LogP contribution in [0.15, 0.2) is 12.1 Å². The number of nitrogen functional groups attached to an aromatic ring is 1. The average molecular weight is 272 g/mol. The van der Waals surface area contributed by atoms with Gasteiger partial charge in [0.05, 0.1) is 30.6 Å². The van der Waals surface area contributed by atoms with Crippen molar-refractivity contribution in [2.75, 3.05) is 32.0 Å².